The van der Waals surface area contributed by atoms with Crippen molar-refractivity contribution in [1.29, 1.82) is 0 Å². The van der Waals surface area contributed by atoms with Crippen molar-refractivity contribution in [1.82, 2.24) is 4.90 Å². The van der Waals surface area contributed by atoms with E-state index in [1.54, 1.807) is 0 Å². The Bertz CT molecular complexity index is 173. The molecule has 0 aromatic carbocycles. The van der Waals surface area contributed by atoms with Gasteiger partial charge in [0.25, 0.3) is 0 Å². The van der Waals surface area contributed by atoms with E-state index >= 15 is 0 Å². The van der Waals surface area contributed by atoms with E-state index in [2.05, 4.69) is 6.42 Å². The van der Waals surface area contributed by atoms with Crippen LogP contribution in [0.4, 0.5) is 0 Å². The van der Waals surface area contributed by atoms with Gasteiger partial charge in [0, 0.05) is 19.0 Å². The van der Waals surface area contributed by atoms with Gasteiger partial charge >= 0.3 is 0 Å². The average Bonchev–Trinajstić information content (AvgIpc) is 2.30. The van der Waals surface area contributed by atoms with Crippen LogP contribution in [-0.2, 0) is 9.53 Å². The number of ether oxygens (including phenoxy) is 1. The number of rotatable bonds is 1. The van der Waals surface area contributed by atoms with Crippen LogP contribution in [-0.4, -0.2) is 37.1 Å². The first kappa shape index (κ1) is 9.97. The Morgan fingerprint density at radius 1 is 1.21 bits per heavy atom. The molecular weight excluding hydrogens is 178 g/mol. The predicted molar refractivity (Wildman–Crippen MR) is 53.7 cm³/mol. The van der Waals surface area contributed by atoms with Crippen molar-refractivity contribution in [3.8, 4) is 0 Å². The van der Waals surface area contributed by atoms with Gasteiger partial charge in [-0.05, 0) is 32.1 Å². The lowest BCUT2D eigenvalue weighted by molar-refractivity contribution is -0.140. The first-order valence-corrected chi connectivity index (χ1v) is 5.56. The maximum atomic E-state index is 12.0. The van der Waals surface area contributed by atoms with Crippen LogP contribution in [0.1, 0.15) is 25.7 Å². The molecule has 1 saturated carbocycles. The van der Waals surface area contributed by atoms with Crippen LogP contribution in [0.25, 0.3) is 0 Å². The molecule has 1 radical (unpaired) electrons. The Kier molecular flexibility index (Phi) is 3.40. The molecule has 1 aliphatic carbocycles. The van der Waals surface area contributed by atoms with Crippen molar-refractivity contribution in [2.24, 2.45) is 5.92 Å². The van der Waals surface area contributed by atoms with Crippen LogP contribution in [0.3, 0.4) is 0 Å². The topological polar surface area (TPSA) is 29.5 Å². The number of hydrogen-bond acceptors (Lipinski definition) is 2. The Labute approximate surface area is 85.4 Å². The van der Waals surface area contributed by atoms with E-state index in [9.17, 15) is 4.79 Å². The molecule has 0 atom stereocenters. The molecule has 0 aromatic heterocycles. The summed E-state index contributed by atoms with van der Waals surface area (Å²) in [5.74, 6) is 0.652. The van der Waals surface area contributed by atoms with Gasteiger partial charge < -0.3 is 9.64 Å². The Hall–Kier alpha value is -0.570. The summed E-state index contributed by atoms with van der Waals surface area (Å²) >= 11 is 0. The molecule has 3 heteroatoms. The highest BCUT2D eigenvalue weighted by Crippen LogP contribution is 2.24. The highest BCUT2D eigenvalue weighted by Gasteiger charge is 2.26. The quantitative estimate of drug-likeness (QED) is 0.631. The molecule has 0 aromatic rings. The van der Waals surface area contributed by atoms with Crippen molar-refractivity contribution < 1.29 is 9.53 Å². The lowest BCUT2D eigenvalue weighted by Crippen LogP contribution is -2.44. The molecule has 1 amide bonds. The molecule has 1 aliphatic heterocycles. The van der Waals surface area contributed by atoms with E-state index < -0.39 is 0 Å². The van der Waals surface area contributed by atoms with E-state index in [1.165, 1.54) is 0 Å². The second-order valence-corrected chi connectivity index (χ2v) is 4.08. The molecule has 2 aliphatic rings. The number of carbonyl (C=O) groups is 1. The molecule has 1 saturated heterocycles. The smallest absolute Gasteiger partial charge is 0.225 e. The summed E-state index contributed by atoms with van der Waals surface area (Å²) in [5.41, 5.74) is 0. The van der Waals surface area contributed by atoms with E-state index in [0.29, 0.717) is 19.1 Å². The molecule has 0 N–H and O–H groups in total. The summed E-state index contributed by atoms with van der Waals surface area (Å²) in [7, 11) is 0. The van der Waals surface area contributed by atoms with Crippen molar-refractivity contribution in [3.63, 3.8) is 0 Å². The third kappa shape index (κ3) is 2.27. The number of nitrogens with zero attached hydrogens (tertiary/aromatic N) is 1. The first-order valence-electron chi connectivity index (χ1n) is 5.56. The zero-order valence-electron chi connectivity index (χ0n) is 8.58. The Morgan fingerprint density at radius 3 is 2.50 bits per heavy atom. The van der Waals surface area contributed by atoms with E-state index in [4.69, 9.17) is 4.74 Å². The third-order valence-electron chi connectivity index (χ3n) is 3.11. The van der Waals surface area contributed by atoms with Crippen LogP contribution in [0.15, 0.2) is 0 Å². The van der Waals surface area contributed by atoms with Gasteiger partial charge in [-0.3, -0.25) is 4.79 Å². The predicted octanol–water partition coefficient (Wildman–Crippen LogP) is 1.24. The second kappa shape index (κ2) is 4.78. The van der Waals surface area contributed by atoms with Gasteiger partial charge in [0.1, 0.15) is 0 Å². The van der Waals surface area contributed by atoms with Crippen molar-refractivity contribution in [3.05, 3.63) is 6.42 Å². The molecule has 0 unspecified atom stereocenters. The summed E-state index contributed by atoms with van der Waals surface area (Å²) in [6, 6.07) is 0. The lowest BCUT2D eigenvalue weighted by Gasteiger charge is -2.31. The molecular formula is C11H18NO2. The summed E-state index contributed by atoms with van der Waals surface area (Å²) in [6.07, 6.45) is 6.62. The zero-order valence-corrected chi connectivity index (χ0v) is 8.58. The Morgan fingerprint density at radius 2 is 1.86 bits per heavy atom. The fourth-order valence-corrected chi connectivity index (χ4v) is 2.22. The lowest BCUT2D eigenvalue weighted by atomic mass is 9.88. The van der Waals surface area contributed by atoms with Crippen molar-refractivity contribution >= 4 is 5.91 Å². The molecule has 3 nitrogen and oxygen atoms in total. The summed E-state index contributed by atoms with van der Waals surface area (Å²) in [5, 5.41) is 0. The first-order chi connectivity index (χ1) is 6.88. The largest absolute Gasteiger partial charge is 0.378 e. The van der Waals surface area contributed by atoms with Gasteiger partial charge in [0.15, 0.2) is 0 Å². The van der Waals surface area contributed by atoms with Crippen LogP contribution in [0.2, 0.25) is 0 Å². The monoisotopic (exact) mass is 196 g/mol. The SMILES string of the molecule is O=C(C1CC[CH]CC1)N1CCOCC1. The fraction of sp³-hybridized carbons (Fsp3) is 0.818. The van der Waals surface area contributed by atoms with E-state index in [-0.39, 0.29) is 5.92 Å². The third-order valence-corrected chi connectivity index (χ3v) is 3.11. The standard InChI is InChI=1S/C11H18NO2/c13-11(10-4-2-1-3-5-10)12-6-8-14-9-7-12/h1,10H,2-9H2. The number of morpholine rings is 1. The number of carbonyl (C=O) groups excluding carboxylic acids is 1. The minimum atomic E-state index is 0.290. The minimum absolute atomic E-state index is 0.290. The summed E-state index contributed by atoms with van der Waals surface area (Å²) in [6.45, 7) is 3.01. The molecule has 1 heterocycles. The van der Waals surface area contributed by atoms with Gasteiger partial charge in [-0.2, -0.15) is 0 Å². The fourth-order valence-electron chi connectivity index (χ4n) is 2.22. The molecule has 14 heavy (non-hydrogen) atoms. The highest BCUT2D eigenvalue weighted by atomic mass is 16.5. The molecule has 0 spiro atoms. The number of amides is 1. The maximum absolute atomic E-state index is 12.0. The molecule has 79 valence electrons. The molecule has 2 rings (SSSR count). The zero-order chi connectivity index (χ0) is 9.80. The molecule has 2 fully saturated rings. The summed E-state index contributed by atoms with van der Waals surface area (Å²) in [4.78, 5) is 14.0. The van der Waals surface area contributed by atoms with Crippen molar-refractivity contribution in [2.75, 3.05) is 26.3 Å². The summed E-state index contributed by atoms with van der Waals surface area (Å²) < 4.78 is 5.24. The van der Waals surface area contributed by atoms with Crippen LogP contribution < -0.4 is 0 Å². The van der Waals surface area contributed by atoms with Crippen molar-refractivity contribution in [2.45, 2.75) is 25.7 Å². The van der Waals surface area contributed by atoms with Gasteiger partial charge in [-0.25, -0.2) is 0 Å². The average molecular weight is 196 g/mol. The normalized spacial score (nSPS) is 25.0. The van der Waals surface area contributed by atoms with E-state index in [0.717, 1.165) is 38.8 Å². The van der Waals surface area contributed by atoms with Gasteiger partial charge in [-0.1, -0.05) is 0 Å². The van der Waals surface area contributed by atoms with E-state index in [1.807, 2.05) is 4.90 Å². The highest BCUT2D eigenvalue weighted by molar-refractivity contribution is 5.79. The van der Waals surface area contributed by atoms with Gasteiger partial charge in [0.05, 0.1) is 13.2 Å². The van der Waals surface area contributed by atoms with Crippen LogP contribution in [0.5, 0.6) is 0 Å². The van der Waals surface area contributed by atoms with Crippen LogP contribution >= 0.6 is 0 Å². The maximum Gasteiger partial charge on any atom is 0.225 e. The van der Waals surface area contributed by atoms with Gasteiger partial charge in [0.2, 0.25) is 5.91 Å². The number of hydrogen-bond donors (Lipinski definition) is 0. The second-order valence-electron chi connectivity index (χ2n) is 4.08. The minimum Gasteiger partial charge on any atom is -0.378 e. The van der Waals surface area contributed by atoms with Gasteiger partial charge in [-0.15, -0.1) is 0 Å². The van der Waals surface area contributed by atoms with Crippen LogP contribution in [0, 0.1) is 12.3 Å². The molecule has 0 bridgehead atoms. The Balaban J connectivity index is 1.85.